The number of halogens is 1. The predicted molar refractivity (Wildman–Crippen MR) is 67.3 cm³/mol. The summed E-state index contributed by atoms with van der Waals surface area (Å²) in [6.45, 7) is 1.74. The molecular formula is C12H16FN3O2. The van der Waals surface area contributed by atoms with Gasteiger partial charge >= 0.3 is 5.69 Å². The molecule has 1 aliphatic rings. The highest BCUT2D eigenvalue weighted by molar-refractivity contribution is 5.64. The zero-order valence-electron chi connectivity index (χ0n) is 10.2. The zero-order chi connectivity index (χ0) is 13.1. The standard InChI is InChI=1S/C12H16FN3O2/c1-15(9-4-3-7-14-8-9)11-6-2-5-10(13)12(11)16(17)18/h2,5-6,9,14H,3-4,7-8H2,1H3. The highest BCUT2D eigenvalue weighted by Gasteiger charge is 2.26. The molecule has 0 amide bonds. The molecule has 1 heterocycles. The molecular weight excluding hydrogens is 237 g/mol. The Kier molecular flexibility index (Phi) is 3.76. The average Bonchev–Trinajstić information content (AvgIpc) is 2.38. The smallest absolute Gasteiger partial charge is 0.327 e. The van der Waals surface area contributed by atoms with Crippen LogP contribution in [0.2, 0.25) is 0 Å². The summed E-state index contributed by atoms with van der Waals surface area (Å²) in [7, 11) is 1.78. The van der Waals surface area contributed by atoms with E-state index in [2.05, 4.69) is 5.32 Å². The lowest BCUT2D eigenvalue weighted by Gasteiger charge is -2.33. The SMILES string of the molecule is CN(c1cccc(F)c1[N+](=O)[O-])C1CCCNC1. The van der Waals surface area contributed by atoms with Crippen LogP contribution in [-0.4, -0.2) is 31.1 Å². The number of nitrogens with one attached hydrogen (secondary N) is 1. The molecule has 1 aromatic rings. The molecule has 1 aliphatic heterocycles. The maximum atomic E-state index is 13.5. The van der Waals surface area contributed by atoms with Crippen molar-refractivity contribution >= 4 is 11.4 Å². The molecule has 6 heteroatoms. The molecule has 1 N–H and O–H groups in total. The number of nitro benzene ring substituents is 1. The number of piperidine rings is 1. The molecule has 5 nitrogen and oxygen atoms in total. The fraction of sp³-hybridized carbons (Fsp3) is 0.500. The van der Waals surface area contributed by atoms with E-state index in [0.717, 1.165) is 32.0 Å². The number of likely N-dealkylation sites (N-methyl/N-ethyl adjacent to an activating group) is 1. The van der Waals surface area contributed by atoms with Crippen LogP contribution in [0.4, 0.5) is 15.8 Å². The third-order valence-corrected chi connectivity index (χ3v) is 3.35. The van der Waals surface area contributed by atoms with Crippen molar-refractivity contribution in [2.75, 3.05) is 25.0 Å². The summed E-state index contributed by atoms with van der Waals surface area (Å²) < 4.78 is 13.5. The lowest BCUT2D eigenvalue weighted by Crippen LogP contribution is -2.44. The molecule has 1 saturated heterocycles. The number of hydrogen-bond donors (Lipinski definition) is 1. The maximum Gasteiger partial charge on any atom is 0.327 e. The van der Waals surface area contributed by atoms with Crippen LogP contribution in [0, 0.1) is 15.9 Å². The Morgan fingerprint density at radius 1 is 1.56 bits per heavy atom. The molecule has 0 aliphatic carbocycles. The Hall–Kier alpha value is -1.69. The fourth-order valence-corrected chi connectivity index (χ4v) is 2.33. The molecule has 0 aromatic heterocycles. The van der Waals surface area contributed by atoms with E-state index in [1.54, 1.807) is 18.0 Å². The van der Waals surface area contributed by atoms with Gasteiger partial charge in [-0.2, -0.15) is 4.39 Å². The van der Waals surface area contributed by atoms with E-state index in [1.807, 2.05) is 0 Å². The van der Waals surface area contributed by atoms with Crippen molar-refractivity contribution in [1.29, 1.82) is 0 Å². The van der Waals surface area contributed by atoms with Crippen LogP contribution in [0.1, 0.15) is 12.8 Å². The van der Waals surface area contributed by atoms with Crippen molar-refractivity contribution in [3.05, 3.63) is 34.1 Å². The van der Waals surface area contributed by atoms with Gasteiger partial charge in [-0.25, -0.2) is 0 Å². The van der Waals surface area contributed by atoms with Gasteiger partial charge in [0.2, 0.25) is 5.82 Å². The summed E-state index contributed by atoms with van der Waals surface area (Å²) in [5.41, 5.74) is -0.0979. The van der Waals surface area contributed by atoms with Gasteiger partial charge in [0.15, 0.2) is 0 Å². The highest BCUT2D eigenvalue weighted by atomic mass is 19.1. The van der Waals surface area contributed by atoms with E-state index in [0.29, 0.717) is 5.69 Å². The minimum absolute atomic E-state index is 0.166. The van der Waals surface area contributed by atoms with E-state index >= 15 is 0 Å². The Bertz CT molecular complexity index is 447. The van der Waals surface area contributed by atoms with Crippen molar-refractivity contribution < 1.29 is 9.31 Å². The highest BCUT2D eigenvalue weighted by Crippen LogP contribution is 2.31. The molecule has 0 spiro atoms. The number of rotatable bonds is 3. The van der Waals surface area contributed by atoms with Crippen LogP contribution in [0.3, 0.4) is 0 Å². The molecule has 0 bridgehead atoms. The number of hydrogen-bond acceptors (Lipinski definition) is 4. The number of anilines is 1. The fourth-order valence-electron chi connectivity index (χ4n) is 2.33. The molecule has 1 atom stereocenters. The Balaban J connectivity index is 2.31. The van der Waals surface area contributed by atoms with E-state index in [9.17, 15) is 14.5 Å². The molecule has 18 heavy (non-hydrogen) atoms. The molecule has 1 unspecified atom stereocenters. The van der Waals surface area contributed by atoms with Gasteiger partial charge in [-0.1, -0.05) is 6.07 Å². The van der Waals surface area contributed by atoms with E-state index in [1.165, 1.54) is 6.07 Å². The van der Waals surface area contributed by atoms with Gasteiger partial charge in [0.25, 0.3) is 0 Å². The number of nitrogens with zero attached hydrogens (tertiary/aromatic N) is 2. The lowest BCUT2D eigenvalue weighted by molar-refractivity contribution is -0.386. The number of benzene rings is 1. The minimum Gasteiger partial charge on any atom is -0.365 e. The Labute approximate surface area is 105 Å². The van der Waals surface area contributed by atoms with Crippen molar-refractivity contribution in [1.82, 2.24) is 5.32 Å². The molecule has 0 radical (unpaired) electrons. The van der Waals surface area contributed by atoms with Crippen LogP contribution < -0.4 is 10.2 Å². The second-order valence-corrected chi connectivity index (χ2v) is 4.48. The van der Waals surface area contributed by atoms with Crippen molar-refractivity contribution in [3.63, 3.8) is 0 Å². The topological polar surface area (TPSA) is 58.4 Å². The third-order valence-electron chi connectivity index (χ3n) is 3.35. The summed E-state index contributed by atoms with van der Waals surface area (Å²) in [5, 5.41) is 14.2. The van der Waals surface area contributed by atoms with Crippen LogP contribution in [0.5, 0.6) is 0 Å². The lowest BCUT2D eigenvalue weighted by atomic mass is 10.1. The van der Waals surface area contributed by atoms with Gasteiger partial charge < -0.3 is 10.2 Å². The largest absolute Gasteiger partial charge is 0.365 e. The zero-order valence-corrected chi connectivity index (χ0v) is 10.2. The Morgan fingerprint density at radius 3 is 2.94 bits per heavy atom. The summed E-state index contributed by atoms with van der Waals surface area (Å²) in [6, 6.07) is 4.38. The van der Waals surface area contributed by atoms with Gasteiger partial charge in [-0.3, -0.25) is 10.1 Å². The van der Waals surface area contributed by atoms with Crippen LogP contribution in [-0.2, 0) is 0 Å². The third kappa shape index (κ3) is 2.43. The second kappa shape index (κ2) is 5.30. The minimum atomic E-state index is -0.784. The van der Waals surface area contributed by atoms with Gasteiger partial charge in [0.05, 0.1) is 4.92 Å². The number of nitro groups is 1. The molecule has 2 rings (SSSR count). The monoisotopic (exact) mass is 253 g/mol. The first-order valence-electron chi connectivity index (χ1n) is 5.97. The Morgan fingerprint density at radius 2 is 2.33 bits per heavy atom. The molecule has 1 aromatic carbocycles. The average molecular weight is 253 g/mol. The van der Waals surface area contributed by atoms with Crippen molar-refractivity contribution in [3.8, 4) is 0 Å². The summed E-state index contributed by atoms with van der Waals surface area (Å²) >= 11 is 0. The molecule has 98 valence electrons. The summed E-state index contributed by atoms with van der Waals surface area (Å²) in [4.78, 5) is 12.1. The second-order valence-electron chi connectivity index (χ2n) is 4.48. The first-order chi connectivity index (χ1) is 8.61. The van der Waals surface area contributed by atoms with Crippen LogP contribution in [0.25, 0.3) is 0 Å². The van der Waals surface area contributed by atoms with Gasteiger partial charge in [0, 0.05) is 19.6 Å². The first kappa shape index (κ1) is 12.8. The van der Waals surface area contributed by atoms with Crippen LogP contribution >= 0.6 is 0 Å². The quantitative estimate of drug-likeness (QED) is 0.660. The normalized spacial score (nSPS) is 19.6. The van der Waals surface area contributed by atoms with Crippen molar-refractivity contribution in [2.24, 2.45) is 0 Å². The van der Waals surface area contributed by atoms with Gasteiger partial charge in [0.1, 0.15) is 5.69 Å². The summed E-state index contributed by atoms with van der Waals surface area (Å²) in [5.74, 6) is -0.784. The van der Waals surface area contributed by atoms with Gasteiger partial charge in [-0.15, -0.1) is 0 Å². The predicted octanol–water partition coefficient (Wildman–Crippen LogP) is 1.92. The van der Waals surface area contributed by atoms with E-state index in [-0.39, 0.29) is 6.04 Å². The molecule has 1 fully saturated rings. The molecule has 0 saturated carbocycles. The first-order valence-corrected chi connectivity index (χ1v) is 5.97. The van der Waals surface area contributed by atoms with E-state index in [4.69, 9.17) is 0 Å². The maximum absolute atomic E-state index is 13.5. The van der Waals surface area contributed by atoms with E-state index < -0.39 is 16.4 Å². The number of para-hydroxylation sites is 1. The van der Waals surface area contributed by atoms with Crippen molar-refractivity contribution in [2.45, 2.75) is 18.9 Å². The van der Waals surface area contributed by atoms with Gasteiger partial charge in [-0.05, 0) is 31.5 Å². The summed E-state index contributed by atoms with van der Waals surface area (Å²) in [6.07, 6.45) is 1.98. The van der Waals surface area contributed by atoms with Crippen LogP contribution in [0.15, 0.2) is 18.2 Å².